The summed E-state index contributed by atoms with van der Waals surface area (Å²) in [6.07, 6.45) is 1.72. The van der Waals surface area contributed by atoms with Crippen LogP contribution >= 0.6 is 0 Å². The van der Waals surface area contributed by atoms with Gasteiger partial charge in [0.1, 0.15) is 5.82 Å². The van der Waals surface area contributed by atoms with Gasteiger partial charge in [-0.1, -0.05) is 0 Å². The molecule has 0 aromatic carbocycles. The van der Waals surface area contributed by atoms with Crippen LogP contribution < -0.4 is 19.9 Å². The van der Waals surface area contributed by atoms with Crippen molar-refractivity contribution in [3.8, 4) is 5.88 Å². The van der Waals surface area contributed by atoms with E-state index >= 15 is 0 Å². The van der Waals surface area contributed by atoms with Gasteiger partial charge in [-0.3, -0.25) is 0 Å². The summed E-state index contributed by atoms with van der Waals surface area (Å²) in [4.78, 5) is 22.3. The van der Waals surface area contributed by atoms with Crippen molar-refractivity contribution in [1.29, 1.82) is 0 Å². The molecule has 1 N–H and O–H groups in total. The zero-order valence-electron chi connectivity index (χ0n) is 14.4. The van der Waals surface area contributed by atoms with E-state index in [4.69, 9.17) is 4.74 Å². The lowest BCUT2D eigenvalue weighted by Gasteiger charge is -2.34. The second-order valence-electron chi connectivity index (χ2n) is 5.60. The fourth-order valence-electron chi connectivity index (χ4n) is 2.67. The number of ether oxygens (including phenoxy) is 1. The largest absolute Gasteiger partial charge is 0.481 e. The number of nitrogens with zero attached hydrogens (tertiary/aromatic N) is 6. The monoisotopic (exact) mass is 329 g/mol. The third kappa shape index (κ3) is 3.64. The Hall–Kier alpha value is -2.64. The molecule has 0 radical (unpaired) electrons. The third-order valence-electron chi connectivity index (χ3n) is 3.87. The zero-order valence-corrected chi connectivity index (χ0v) is 14.4. The number of aromatic nitrogens is 4. The average molecular weight is 329 g/mol. The van der Waals surface area contributed by atoms with E-state index in [1.165, 1.54) is 0 Å². The third-order valence-corrected chi connectivity index (χ3v) is 3.87. The molecule has 0 spiro atoms. The first-order valence-corrected chi connectivity index (χ1v) is 8.16. The van der Waals surface area contributed by atoms with Crippen LogP contribution in [-0.2, 0) is 0 Å². The van der Waals surface area contributed by atoms with Crippen molar-refractivity contribution in [3.63, 3.8) is 0 Å². The summed E-state index contributed by atoms with van der Waals surface area (Å²) in [5, 5.41) is 3.25. The molecule has 3 rings (SSSR count). The van der Waals surface area contributed by atoms with Gasteiger partial charge in [-0.25, -0.2) is 9.97 Å². The van der Waals surface area contributed by atoms with E-state index in [1.807, 2.05) is 13.0 Å². The van der Waals surface area contributed by atoms with E-state index in [0.717, 1.165) is 50.2 Å². The lowest BCUT2D eigenvalue weighted by atomic mass is 10.3. The number of nitrogens with one attached hydrogen (secondary N) is 1. The predicted molar refractivity (Wildman–Crippen MR) is 93.9 cm³/mol. The van der Waals surface area contributed by atoms with E-state index in [9.17, 15) is 0 Å². The molecular formula is C16H23N7O. The summed E-state index contributed by atoms with van der Waals surface area (Å²) in [5.74, 6) is 2.93. The number of hydrogen-bond donors (Lipinski definition) is 1. The average Bonchev–Trinajstić information content (AvgIpc) is 2.62. The van der Waals surface area contributed by atoms with E-state index in [-0.39, 0.29) is 0 Å². The molecule has 24 heavy (non-hydrogen) atoms. The minimum absolute atomic E-state index is 0.583. The van der Waals surface area contributed by atoms with Gasteiger partial charge >= 0.3 is 0 Å². The van der Waals surface area contributed by atoms with Crippen molar-refractivity contribution in [1.82, 2.24) is 19.9 Å². The lowest BCUT2D eigenvalue weighted by molar-refractivity contribution is 0.396. The van der Waals surface area contributed by atoms with E-state index in [1.54, 1.807) is 19.4 Å². The van der Waals surface area contributed by atoms with Crippen LogP contribution in [-0.4, -0.2) is 59.8 Å². The molecule has 3 heterocycles. The van der Waals surface area contributed by atoms with E-state index in [2.05, 4.69) is 42.0 Å². The van der Waals surface area contributed by atoms with Gasteiger partial charge in [0.15, 0.2) is 0 Å². The fourth-order valence-corrected chi connectivity index (χ4v) is 2.67. The quantitative estimate of drug-likeness (QED) is 0.880. The van der Waals surface area contributed by atoms with Crippen LogP contribution in [0.25, 0.3) is 0 Å². The summed E-state index contributed by atoms with van der Waals surface area (Å²) in [6, 6.07) is 3.72. The second kappa shape index (κ2) is 7.29. The lowest BCUT2D eigenvalue weighted by Crippen LogP contribution is -2.47. The summed E-state index contributed by atoms with van der Waals surface area (Å²) in [5.41, 5.74) is 0.967. The maximum absolute atomic E-state index is 5.17. The molecule has 128 valence electrons. The first-order chi connectivity index (χ1) is 11.7. The Balaban J connectivity index is 1.68. The molecule has 0 saturated carbocycles. The van der Waals surface area contributed by atoms with Gasteiger partial charge in [0, 0.05) is 56.7 Å². The van der Waals surface area contributed by atoms with Crippen molar-refractivity contribution in [2.75, 3.05) is 55.0 Å². The smallest absolute Gasteiger partial charge is 0.228 e. The number of piperazine rings is 1. The van der Waals surface area contributed by atoms with E-state index in [0.29, 0.717) is 11.8 Å². The number of methoxy groups -OCH3 is 1. The Bertz CT molecular complexity index is 686. The Morgan fingerprint density at radius 2 is 1.79 bits per heavy atom. The van der Waals surface area contributed by atoms with Crippen molar-refractivity contribution in [2.45, 2.75) is 13.8 Å². The number of rotatable bonds is 5. The predicted octanol–water partition coefficient (Wildman–Crippen LogP) is 1.34. The molecule has 2 aromatic rings. The van der Waals surface area contributed by atoms with Gasteiger partial charge in [0.2, 0.25) is 17.8 Å². The van der Waals surface area contributed by atoms with Gasteiger partial charge in [0.25, 0.3) is 0 Å². The molecule has 1 fully saturated rings. The molecule has 1 aliphatic heterocycles. The minimum Gasteiger partial charge on any atom is -0.481 e. The van der Waals surface area contributed by atoms with Gasteiger partial charge in [-0.2, -0.15) is 9.97 Å². The fraction of sp³-hybridized carbons (Fsp3) is 0.500. The molecule has 8 nitrogen and oxygen atoms in total. The molecule has 8 heteroatoms. The van der Waals surface area contributed by atoms with Crippen LogP contribution in [0.2, 0.25) is 0 Å². The van der Waals surface area contributed by atoms with Gasteiger partial charge in [-0.05, 0) is 13.8 Å². The summed E-state index contributed by atoms with van der Waals surface area (Å²) < 4.78 is 5.17. The highest BCUT2D eigenvalue weighted by Gasteiger charge is 2.21. The molecule has 0 amide bonds. The highest BCUT2D eigenvalue weighted by atomic mass is 16.5. The first kappa shape index (κ1) is 16.2. The van der Waals surface area contributed by atoms with Crippen LogP contribution in [0.5, 0.6) is 5.88 Å². The minimum atomic E-state index is 0.583. The number of anilines is 3. The van der Waals surface area contributed by atoms with Crippen LogP contribution in [0, 0.1) is 6.92 Å². The molecule has 1 aliphatic rings. The number of hydrogen-bond acceptors (Lipinski definition) is 8. The Morgan fingerprint density at radius 1 is 1.08 bits per heavy atom. The standard InChI is InChI=1S/C16H23N7O/c1-4-17-13-11-12(2)19-16(20-13)23-9-7-22(8-10-23)15-18-6-5-14(21-15)24-3/h5-6,11H,4,7-10H2,1-3H3,(H,17,19,20). The SMILES string of the molecule is CCNc1cc(C)nc(N2CCN(c3nccc(OC)n3)CC2)n1. The van der Waals surface area contributed by atoms with Crippen LogP contribution in [0.3, 0.4) is 0 Å². The number of aryl methyl sites for hydroxylation is 1. The normalized spacial score (nSPS) is 14.6. The summed E-state index contributed by atoms with van der Waals surface area (Å²) >= 11 is 0. The molecule has 0 atom stereocenters. The molecular weight excluding hydrogens is 306 g/mol. The zero-order chi connectivity index (χ0) is 16.9. The van der Waals surface area contributed by atoms with Gasteiger partial charge in [0.05, 0.1) is 7.11 Å². The Kier molecular flexibility index (Phi) is 4.93. The van der Waals surface area contributed by atoms with Gasteiger partial charge in [-0.15, -0.1) is 0 Å². The second-order valence-corrected chi connectivity index (χ2v) is 5.60. The molecule has 0 unspecified atom stereocenters. The van der Waals surface area contributed by atoms with Crippen molar-refractivity contribution < 1.29 is 4.74 Å². The van der Waals surface area contributed by atoms with Crippen LogP contribution in [0.4, 0.5) is 17.7 Å². The maximum Gasteiger partial charge on any atom is 0.228 e. The molecule has 0 bridgehead atoms. The van der Waals surface area contributed by atoms with Crippen LogP contribution in [0.15, 0.2) is 18.3 Å². The molecule has 1 saturated heterocycles. The topological polar surface area (TPSA) is 79.3 Å². The van der Waals surface area contributed by atoms with Gasteiger partial charge < -0.3 is 19.9 Å². The first-order valence-electron chi connectivity index (χ1n) is 8.16. The highest BCUT2D eigenvalue weighted by molar-refractivity contribution is 5.45. The Labute approximate surface area is 141 Å². The summed E-state index contributed by atoms with van der Waals surface area (Å²) in [7, 11) is 1.61. The summed E-state index contributed by atoms with van der Waals surface area (Å²) in [6.45, 7) is 8.19. The van der Waals surface area contributed by atoms with Crippen molar-refractivity contribution in [2.24, 2.45) is 0 Å². The maximum atomic E-state index is 5.17. The Morgan fingerprint density at radius 3 is 2.46 bits per heavy atom. The molecule has 2 aromatic heterocycles. The van der Waals surface area contributed by atoms with Crippen molar-refractivity contribution >= 4 is 17.7 Å². The van der Waals surface area contributed by atoms with Crippen LogP contribution in [0.1, 0.15) is 12.6 Å². The highest BCUT2D eigenvalue weighted by Crippen LogP contribution is 2.18. The molecule has 0 aliphatic carbocycles. The van der Waals surface area contributed by atoms with E-state index < -0.39 is 0 Å². The van der Waals surface area contributed by atoms with Crippen molar-refractivity contribution in [3.05, 3.63) is 24.0 Å².